The van der Waals surface area contributed by atoms with Crippen molar-refractivity contribution in [1.29, 1.82) is 0 Å². The minimum Gasteiger partial charge on any atom is -0.547 e. The first-order chi connectivity index (χ1) is 13.2. The Morgan fingerprint density at radius 3 is 2.68 bits per heavy atom. The minimum atomic E-state index is -1.18. The third kappa shape index (κ3) is 6.42. The number of nitrogens with zero attached hydrogens (tertiary/aromatic N) is 1. The molecule has 0 radical (unpaired) electrons. The molecule has 1 atom stereocenters. The van der Waals surface area contributed by atoms with E-state index in [-0.39, 0.29) is 29.6 Å². The maximum Gasteiger partial charge on any atom is 1.00 e. The number of fused-ring (bicyclic) bond motifs is 1. The number of carboxylic acid groups (broad SMARTS) is 1. The molecule has 0 fully saturated rings. The number of para-hydroxylation sites is 1. The van der Waals surface area contributed by atoms with E-state index in [0.717, 1.165) is 30.2 Å². The molecule has 1 aliphatic rings. The fourth-order valence-electron chi connectivity index (χ4n) is 3.08. The minimum absolute atomic E-state index is 0. The van der Waals surface area contributed by atoms with E-state index in [2.05, 4.69) is 29.2 Å². The smallest absolute Gasteiger partial charge is 0.547 e. The van der Waals surface area contributed by atoms with Crippen molar-refractivity contribution < 1.29 is 48.9 Å². The monoisotopic (exact) mass is 409 g/mol. The molecule has 0 amide bonds. The molecule has 2 aromatic rings. The van der Waals surface area contributed by atoms with E-state index in [0.29, 0.717) is 19.6 Å². The topological polar surface area (TPSA) is 61.8 Å². The fraction of sp³-hybridized carbons (Fsp3) is 0.381. The van der Waals surface area contributed by atoms with E-state index >= 15 is 0 Å². The zero-order valence-corrected chi connectivity index (χ0v) is 19.2. The number of thioether (sulfide) groups is 1. The third-order valence-electron chi connectivity index (χ3n) is 4.43. The van der Waals surface area contributed by atoms with E-state index in [4.69, 9.17) is 9.47 Å². The largest absolute Gasteiger partial charge is 1.00 e. The first-order valence-electron chi connectivity index (χ1n) is 9.18. The predicted molar refractivity (Wildman–Crippen MR) is 105 cm³/mol. The average molecular weight is 409 g/mol. The van der Waals surface area contributed by atoms with E-state index in [9.17, 15) is 9.90 Å². The first-order valence-corrected chi connectivity index (χ1v) is 10.2. The maximum atomic E-state index is 11.1. The van der Waals surface area contributed by atoms with Gasteiger partial charge in [0.05, 0.1) is 18.2 Å². The summed E-state index contributed by atoms with van der Waals surface area (Å²) in [5.41, 5.74) is 2.16. The number of carbonyl (C=O) groups excluding carboxylic acids is 1. The van der Waals surface area contributed by atoms with Crippen LogP contribution in [0.15, 0.2) is 53.4 Å². The summed E-state index contributed by atoms with van der Waals surface area (Å²) in [6.45, 7) is 4.56. The van der Waals surface area contributed by atoms with Crippen molar-refractivity contribution in [3.05, 3.63) is 54.1 Å². The van der Waals surface area contributed by atoms with Crippen LogP contribution >= 0.6 is 11.8 Å². The molecular formula is C21H24NNaO4S. The normalized spacial score (nSPS) is 14.0. The summed E-state index contributed by atoms with van der Waals surface area (Å²) in [6, 6.07) is 15.9. The molecule has 28 heavy (non-hydrogen) atoms. The molecule has 3 rings (SSSR count). The molecule has 0 aromatic heterocycles. The standard InChI is InChI=1S/C21H25NO4S.Na/c1-2-25-19(21(23)24)15-16-7-9-17(10-8-16)26-13-11-22-12-14-27-20-6-4-3-5-18(20)22;/h3-10,19H,2,11-15H2,1H3,(H,23,24);/q;+1/p-1/t19-;/m0./s1. The SMILES string of the molecule is CCO[C@@H](Cc1ccc(OCCN2CCSc3ccccc32)cc1)C(=O)[O-].[Na+]. The van der Waals surface area contributed by atoms with Gasteiger partial charge in [-0.25, -0.2) is 0 Å². The summed E-state index contributed by atoms with van der Waals surface area (Å²) >= 11 is 1.90. The summed E-state index contributed by atoms with van der Waals surface area (Å²) in [7, 11) is 0. The van der Waals surface area contributed by atoms with E-state index in [1.54, 1.807) is 6.92 Å². The fourth-order valence-corrected chi connectivity index (χ4v) is 4.13. The molecule has 0 saturated heterocycles. The zero-order chi connectivity index (χ0) is 19.1. The van der Waals surface area contributed by atoms with Crippen molar-refractivity contribution in [2.45, 2.75) is 24.3 Å². The van der Waals surface area contributed by atoms with Crippen LogP contribution in [0, 0.1) is 0 Å². The Morgan fingerprint density at radius 2 is 1.96 bits per heavy atom. The van der Waals surface area contributed by atoms with Crippen molar-refractivity contribution in [3.63, 3.8) is 0 Å². The molecule has 1 heterocycles. The Morgan fingerprint density at radius 1 is 1.21 bits per heavy atom. The molecule has 0 spiro atoms. The number of aliphatic carboxylic acids is 1. The van der Waals surface area contributed by atoms with Crippen LogP contribution in [0.25, 0.3) is 0 Å². The van der Waals surface area contributed by atoms with Gasteiger partial charge in [0.15, 0.2) is 0 Å². The summed E-state index contributed by atoms with van der Waals surface area (Å²) in [5.74, 6) is 0.683. The number of carboxylic acids is 1. The quantitative estimate of drug-likeness (QED) is 0.515. The molecule has 5 nitrogen and oxygen atoms in total. The Balaban J connectivity index is 0.00000280. The van der Waals surface area contributed by atoms with Crippen molar-refractivity contribution in [1.82, 2.24) is 0 Å². The molecule has 1 aliphatic heterocycles. The Hall–Kier alpha value is -1.18. The van der Waals surface area contributed by atoms with Gasteiger partial charge in [0.1, 0.15) is 18.5 Å². The second-order valence-corrected chi connectivity index (χ2v) is 7.40. The van der Waals surface area contributed by atoms with Gasteiger partial charge in [0.2, 0.25) is 0 Å². The van der Waals surface area contributed by atoms with Crippen molar-refractivity contribution in [2.24, 2.45) is 0 Å². The van der Waals surface area contributed by atoms with Crippen LogP contribution < -0.4 is 44.3 Å². The van der Waals surface area contributed by atoms with Crippen LogP contribution in [0.2, 0.25) is 0 Å². The molecule has 0 N–H and O–H groups in total. The molecule has 0 unspecified atom stereocenters. The summed E-state index contributed by atoms with van der Waals surface area (Å²) in [5, 5.41) is 11.1. The average Bonchev–Trinajstić information content (AvgIpc) is 2.69. The molecule has 144 valence electrons. The van der Waals surface area contributed by atoms with E-state index in [1.165, 1.54) is 10.6 Å². The van der Waals surface area contributed by atoms with Gasteiger partial charge in [-0.1, -0.05) is 24.3 Å². The van der Waals surface area contributed by atoms with Gasteiger partial charge in [-0.05, 0) is 36.8 Å². The Kier molecular flexibility index (Phi) is 9.68. The van der Waals surface area contributed by atoms with Crippen molar-refractivity contribution in [2.75, 3.05) is 37.0 Å². The van der Waals surface area contributed by atoms with Crippen LogP contribution in [0.1, 0.15) is 12.5 Å². The van der Waals surface area contributed by atoms with Gasteiger partial charge in [-0.2, -0.15) is 0 Å². The molecule has 7 heteroatoms. The molecule has 0 bridgehead atoms. The van der Waals surface area contributed by atoms with Crippen LogP contribution in [-0.2, 0) is 16.0 Å². The second kappa shape index (κ2) is 11.7. The molecular weight excluding hydrogens is 385 g/mol. The number of hydrogen-bond acceptors (Lipinski definition) is 6. The summed E-state index contributed by atoms with van der Waals surface area (Å²) < 4.78 is 11.1. The van der Waals surface area contributed by atoms with Gasteiger partial charge in [-0.3, -0.25) is 0 Å². The zero-order valence-electron chi connectivity index (χ0n) is 16.4. The number of anilines is 1. The van der Waals surface area contributed by atoms with E-state index in [1.807, 2.05) is 36.0 Å². The number of ether oxygens (including phenoxy) is 2. The number of carbonyl (C=O) groups is 1. The number of benzene rings is 2. The maximum absolute atomic E-state index is 11.1. The molecule has 0 aliphatic carbocycles. The van der Waals surface area contributed by atoms with Crippen LogP contribution in [-0.4, -0.2) is 44.1 Å². The molecule has 0 saturated carbocycles. The first kappa shape index (κ1) is 23.1. The van der Waals surface area contributed by atoms with Gasteiger partial charge >= 0.3 is 29.6 Å². The summed E-state index contributed by atoms with van der Waals surface area (Å²) in [6.07, 6.45) is -0.627. The van der Waals surface area contributed by atoms with Gasteiger partial charge in [-0.15, -0.1) is 11.8 Å². The Labute approximate surface area is 192 Å². The van der Waals surface area contributed by atoms with Crippen molar-refractivity contribution in [3.8, 4) is 5.75 Å². The second-order valence-electron chi connectivity index (χ2n) is 6.26. The summed E-state index contributed by atoms with van der Waals surface area (Å²) in [4.78, 5) is 14.8. The molecule has 2 aromatic carbocycles. The van der Waals surface area contributed by atoms with Gasteiger partial charge in [0.25, 0.3) is 0 Å². The third-order valence-corrected chi connectivity index (χ3v) is 5.47. The predicted octanol–water partition coefficient (Wildman–Crippen LogP) is -0.621. The number of hydrogen-bond donors (Lipinski definition) is 0. The Bertz CT molecular complexity index is 756. The van der Waals surface area contributed by atoms with Crippen LogP contribution in [0.5, 0.6) is 5.75 Å². The van der Waals surface area contributed by atoms with Crippen LogP contribution in [0.3, 0.4) is 0 Å². The number of rotatable bonds is 9. The van der Waals surface area contributed by atoms with Crippen LogP contribution in [0.4, 0.5) is 5.69 Å². The van der Waals surface area contributed by atoms with Crippen molar-refractivity contribution >= 4 is 23.4 Å². The van der Waals surface area contributed by atoms with Gasteiger partial charge < -0.3 is 24.3 Å². The van der Waals surface area contributed by atoms with E-state index < -0.39 is 12.1 Å². The van der Waals surface area contributed by atoms with Gasteiger partial charge in [0, 0.05) is 30.2 Å².